The Morgan fingerprint density at radius 2 is 1.89 bits per heavy atom. The van der Waals surface area contributed by atoms with E-state index < -0.39 is 0 Å². The van der Waals surface area contributed by atoms with Crippen molar-refractivity contribution in [1.29, 1.82) is 0 Å². The summed E-state index contributed by atoms with van der Waals surface area (Å²) in [5.41, 5.74) is 9.03. The van der Waals surface area contributed by atoms with Crippen molar-refractivity contribution < 1.29 is 4.79 Å². The number of nitrogen functional groups attached to an aromatic ring is 1. The number of nitrogens with two attached hydrogens (primary N) is 1. The zero-order valence-electron chi connectivity index (χ0n) is 15.7. The number of fused-ring (bicyclic) bond motifs is 1. The van der Waals surface area contributed by atoms with Crippen LogP contribution in [-0.4, -0.2) is 55.1 Å². The van der Waals surface area contributed by atoms with Crippen LogP contribution in [0.15, 0.2) is 42.6 Å². The standard InChI is InChI=1S/C21H27N5O/c22-18-6-3-7-19-17(18)5-4-11-26(19)21(27)9-12-24-13-15-25(16-14-24)20-8-1-2-10-23-20/h1-3,6-8,10H,4-5,9,11-16,22H2. The van der Waals surface area contributed by atoms with E-state index in [1.165, 1.54) is 0 Å². The number of carbonyl (C=O) groups excluding carboxylic acids is 1. The highest BCUT2D eigenvalue weighted by molar-refractivity contribution is 5.95. The van der Waals surface area contributed by atoms with Crippen molar-refractivity contribution in [1.82, 2.24) is 9.88 Å². The van der Waals surface area contributed by atoms with E-state index >= 15 is 0 Å². The number of aromatic nitrogens is 1. The first kappa shape index (κ1) is 17.8. The van der Waals surface area contributed by atoms with Gasteiger partial charge in [-0.25, -0.2) is 4.98 Å². The first-order valence-corrected chi connectivity index (χ1v) is 9.78. The molecule has 6 heteroatoms. The molecule has 27 heavy (non-hydrogen) atoms. The second kappa shape index (κ2) is 7.96. The summed E-state index contributed by atoms with van der Waals surface area (Å²) < 4.78 is 0. The Kier molecular flexibility index (Phi) is 5.25. The van der Waals surface area contributed by atoms with Crippen molar-refractivity contribution in [2.45, 2.75) is 19.3 Å². The lowest BCUT2D eigenvalue weighted by molar-refractivity contribution is -0.119. The maximum atomic E-state index is 12.8. The number of hydrogen-bond donors (Lipinski definition) is 1. The fourth-order valence-corrected chi connectivity index (χ4v) is 4.04. The summed E-state index contributed by atoms with van der Waals surface area (Å²) in [6, 6.07) is 11.9. The third kappa shape index (κ3) is 3.90. The predicted octanol–water partition coefficient (Wildman–Crippen LogP) is 2.16. The molecule has 2 aliphatic heterocycles. The predicted molar refractivity (Wildman–Crippen MR) is 109 cm³/mol. The van der Waals surface area contributed by atoms with Crippen LogP contribution in [0, 0.1) is 0 Å². The zero-order valence-corrected chi connectivity index (χ0v) is 15.7. The molecule has 0 unspecified atom stereocenters. The molecule has 0 saturated carbocycles. The van der Waals surface area contributed by atoms with Crippen molar-refractivity contribution in [3.05, 3.63) is 48.2 Å². The van der Waals surface area contributed by atoms with Crippen LogP contribution in [0.5, 0.6) is 0 Å². The summed E-state index contributed by atoms with van der Waals surface area (Å²) in [4.78, 5) is 23.9. The van der Waals surface area contributed by atoms with E-state index in [0.29, 0.717) is 6.42 Å². The quantitative estimate of drug-likeness (QED) is 0.841. The molecule has 2 N–H and O–H groups in total. The number of nitrogens with zero attached hydrogens (tertiary/aromatic N) is 4. The number of carbonyl (C=O) groups is 1. The number of piperazine rings is 1. The van der Waals surface area contributed by atoms with E-state index in [-0.39, 0.29) is 5.91 Å². The number of anilines is 3. The van der Waals surface area contributed by atoms with Gasteiger partial charge in [0.15, 0.2) is 0 Å². The zero-order chi connectivity index (χ0) is 18.6. The van der Waals surface area contributed by atoms with Crippen molar-refractivity contribution in [2.75, 3.05) is 54.8 Å². The molecule has 142 valence electrons. The third-order valence-electron chi connectivity index (χ3n) is 5.58. The fraction of sp³-hybridized carbons (Fsp3) is 0.429. The van der Waals surface area contributed by atoms with E-state index in [0.717, 1.165) is 74.9 Å². The summed E-state index contributed by atoms with van der Waals surface area (Å²) in [7, 11) is 0. The first-order chi connectivity index (χ1) is 13.2. The Morgan fingerprint density at radius 3 is 2.67 bits per heavy atom. The highest BCUT2D eigenvalue weighted by atomic mass is 16.2. The van der Waals surface area contributed by atoms with Gasteiger partial charge in [0.2, 0.25) is 5.91 Å². The highest BCUT2D eigenvalue weighted by Gasteiger charge is 2.25. The average Bonchev–Trinajstić information content (AvgIpc) is 2.73. The molecule has 0 spiro atoms. The minimum absolute atomic E-state index is 0.203. The Morgan fingerprint density at radius 1 is 1.04 bits per heavy atom. The average molecular weight is 365 g/mol. The smallest absolute Gasteiger partial charge is 0.228 e. The summed E-state index contributed by atoms with van der Waals surface area (Å²) in [6.07, 6.45) is 4.33. The molecule has 1 aromatic heterocycles. The number of hydrogen-bond acceptors (Lipinski definition) is 5. The van der Waals surface area contributed by atoms with Crippen LogP contribution in [0.2, 0.25) is 0 Å². The molecule has 0 atom stereocenters. The van der Waals surface area contributed by atoms with E-state index in [4.69, 9.17) is 5.73 Å². The van der Waals surface area contributed by atoms with Crippen molar-refractivity contribution >= 4 is 23.1 Å². The molecule has 2 aromatic rings. The van der Waals surface area contributed by atoms with E-state index in [1.54, 1.807) is 0 Å². The molecule has 0 aliphatic carbocycles. The number of rotatable bonds is 4. The Bertz CT molecular complexity index is 786. The van der Waals surface area contributed by atoms with Gasteiger partial charge in [-0.15, -0.1) is 0 Å². The maximum Gasteiger partial charge on any atom is 0.228 e. The molecule has 4 rings (SSSR count). The lowest BCUT2D eigenvalue weighted by atomic mass is 9.99. The molecule has 1 saturated heterocycles. The number of benzene rings is 1. The second-order valence-electron chi connectivity index (χ2n) is 7.26. The molecule has 0 bridgehead atoms. The molecule has 3 heterocycles. The second-order valence-corrected chi connectivity index (χ2v) is 7.26. The summed E-state index contributed by atoms with van der Waals surface area (Å²) in [5, 5.41) is 0. The largest absolute Gasteiger partial charge is 0.398 e. The molecule has 0 radical (unpaired) electrons. The SMILES string of the molecule is Nc1cccc2c1CCCN2C(=O)CCN1CCN(c2ccccn2)CC1. The minimum atomic E-state index is 0.203. The van der Waals surface area contributed by atoms with E-state index in [9.17, 15) is 4.79 Å². The molecule has 1 fully saturated rings. The van der Waals surface area contributed by atoms with E-state index in [1.807, 2.05) is 41.4 Å². The molecule has 2 aliphatic rings. The van der Waals surface area contributed by atoms with Gasteiger partial charge in [0.05, 0.1) is 0 Å². The molecule has 1 amide bonds. The summed E-state index contributed by atoms with van der Waals surface area (Å²) in [5.74, 6) is 1.24. The Balaban J connectivity index is 1.30. The topological polar surface area (TPSA) is 65.7 Å². The number of pyridine rings is 1. The van der Waals surface area contributed by atoms with Gasteiger partial charge in [-0.05, 0) is 42.7 Å². The van der Waals surface area contributed by atoms with Gasteiger partial charge in [-0.2, -0.15) is 0 Å². The van der Waals surface area contributed by atoms with Crippen molar-refractivity contribution in [3.63, 3.8) is 0 Å². The number of amides is 1. The van der Waals surface area contributed by atoms with Crippen LogP contribution < -0.4 is 15.5 Å². The molecule has 1 aromatic carbocycles. The van der Waals surface area contributed by atoms with Crippen LogP contribution in [0.3, 0.4) is 0 Å². The lowest BCUT2D eigenvalue weighted by Gasteiger charge is -2.36. The van der Waals surface area contributed by atoms with Gasteiger partial charge >= 0.3 is 0 Å². The fourth-order valence-electron chi connectivity index (χ4n) is 4.04. The van der Waals surface area contributed by atoms with Crippen LogP contribution in [-0.2, 0) is 11.2 Å². The van der Waals surface area contributed by atoms with Gasteiger partial charge in [-0.3, -0.25) is 9.69 Å². The minimum Gasteiger partial charge on any atom is -0.398 e. The first-order valence-electron chi connectivity index (χ1n) is 9.78. The van der Waals surface area contributed by atoms with Crippen molar-refractivity contribution in [3.8, 4) is 0 Å². The van der Waals surface area contributed by atoms with Crippen LogP contribution in [0.4, 0.5) is 17.2 Å². The third-order valence-corrected chi connectivity index (χ3v) is 5.58. The van der Waals surface area contributed by atoms with Gasteiger partial charge < -0.3 is 15.5 Å². The highest BCUT2D eigenvalue weighted by Crippen LogP contribution is 2.31. The van der Waals surface area contributed by atoms with Gasteiger partial charge in [0.1, 0.15) is 5.82 Å². The normalized spacial score (nSPS) is 17.6. The lowest BCUT2D eigenvalue weighted by Crippen LogP contribution is -2.48. The summed E-state index contributed by atoms with van der Waals surface area (Å²) in [6.45, 7) is 5.44. The Hall–Kier alpha value is -2.60. The molecular weight excluding hydrogens is 338 g/mol. The van der Waals surface area contributed by atoms with Crippen LogP contribution >= 0.6 is 0 Å². The van der Waals surface area contributed by atoms with E-state index in [2.05, 4.69) is 20.9 Å². The van der Waals surface area contributed by atoms with Crippen molar-refractivity contribution in [2.24, 2.45) is 0 Å². The van der Waals surface area contributed by atoms with Gasteiger partial charge in [0, 0.05) is 63.3 Å². The van der Waals surface area contributed by atoms with Crippen LogP contribution in [0.25, 0.3) is 0 Å². The van der Waals surface area contributed by atoms with Gasteiger partial charge in [0.25, 0.3) is 0 Å². The van der Waals surface area contributed by atoms with Gasteiger partial charge in [-0.1, -0.05) is 12.1 Å². The monoisotopic (exact) mass is 365 g/mol. The van der Waals surface area contributed by atoms with Crippen LogP contribution in [0.1, 0.15) is 18.4 Å². The Labute approximate surface area is 160 Å². The molecule has 6 nitrogen and oxygen atoms in total. The molecular formula is C21H27N5O. The summed E-state index contributed by atoms with van der Waals surface area (Å²) >= 11 is 0. The maximum absolute atomic E-state index is 12.8.